The Balaban J connectivity index is 2.19. The van der Waals surface area contributed by atoms with Crippen molar-refractivity contribution in [1.29, 1.82) is 0 Å². The van der Waals surface area contributed by atoms with E-state index in [1.807, 2.05) is 43.1 Å². The summed E-state index contributed by atoms with van der Waals surface area (Å²) in [4.78, 5) is 17.2. The average Bonchev–Trinajstić information content (AvgIpc) is 2.47. The molecule has 0 saturated heterocycles. The van der Waals surface area contributed by atoms with Crippen molar-refractivity contribution in [3.05, 3.63) is 53.2 Å². The van der Waals surface area contributed by atoms with Crippen molar-refractivity contribution in [2.75, 3.05) is 19.1 Å². The van der Waals surface area contributed by atoms with Crippen molar-refractivity contribution in [2.45, 2.75) is 13.5 Å². The lowest BCUT2D eigenvalue weighted by Gasteiger charge is -2.20. The molecule has 0 fully saturated rings. The van der Waals surface area contributed by atoms with Crippen molar-refractivity contribution in [1.82, 2.24) is 4.98 Å². The number of carboxylic acid groups (broad SMARTS) is 1. The van der Waals surface area contributed by atoms with Crippen LogP contribution in [0.15, 0.2) is 36.5 Å². The molecule has 2 aromatic rings. The lowest BCUT2D eigenvalue weighted by atomic mass is 10.1. The minimum Gasteiger partial charge on any atom is -0.497 e. The number of pyridine rings is 1. The molecule has 0 unspecified atom stereocenters. The van der Waals surface area contributed by atoms with E-state index in [0.29, 0.717) is 6.54 Å². The number of aromatic carboxylic acids is 1. The molecule has 21 heavy (non-hydrogen) atoms. The number of hydrogen-bond acceptors (Lipinski definition) is 4. The molecular formula is C16H18N2O3. The number of rotatable bonds is 5. The standard InChI is InChI=1S/C16H18N2O3/c1-11-7-13(16(19)20)9-17-15(11)18(2)10-12-5-4-6-14(8-12)21-3/h4-9H,10H2,1-3H3,(H,19,20). The largest absolute Gasteiger partial charge is 0.497 e. The highest BCUT2D eigenvalue weighted by Gasteiger charge is 2.11. The number of carbonyl (C=O) groups is 1. The fraction of sp³-hybridized carbons (Fsp3) is 0.250. The van der Waals surface area contributed by atoms with E-state index in [1.54, 1.807) is 13.2 Å². The van der Waals surface area contributed by atoms with Crippen LogP contribution in [0.3, 0.4) is 0 Å². The van der Waals surface area contributed by atoms with Gasteiger partial charge in [0.05, 0.1) is 12.7 Å². The number of nitrogens with zero attached hydrogens (tertiary/aromatic N) is 2. The summed E-state index contributed by atoms with van der Waals surface area (Å²) in [6.07, 6.45) is 1.38. The first-order chi connectivity index (χ1) is 10.0. The molecule has 0 bridgehead atoms. The zero-order valence-electron chi connectivity index (χ0n) is 12.3. The van der Waals surface area contributed by atoms with Crippen LogP contribution in [0.1, 0.15) is 21.5 Å². The molecule has 0 saturated carbocycles. The third-order valence-corrected chi connectivity index (χ3v) is 3.21. The first-order valence-corrected chi connectivity index (χ1v) is 6.55. The molecule has 2 rings (SSSR count). The monoisotopic (exact) mass is 286 g/mol. The first-order valence-electron chi connectivity index (χ1n) is 6.55. The molecule has 1 aromatic carbocycles. The van der Waals surface area contributed by atoms with Gasteiger partial charge in [0.15, 0.2) is 0 Å². The number of aromatic nitrogens is 1. The van der Waals surface area contributed by atoms with Crippen molar-refractivity contribution in [2.24, 2.45) is 0 Å². The molecule has 1 N–H and O–H groups in total. The Hall–Kier alpha value is -2.56. The third-order valence-electron chi connectivity index (χ3n) is 3.21. The van der Waals surface area contributed by atoms with Crippen LogP contribution in [-0.2, 0) is 6.54 Å². The number of ether oxygens (including phenoxy) is 1. The predicted octanol–water partition coefficient (Wildman–Crippen LogP) is 2.73. The second-order valence-corrected chi connectivity index (χ2v) is 4.88. The Morgan fingerprint density at radius 2 is 2.14 bits per heavy atom. The maximum Gasteiger partial charge on any atom is 0.337 e. The van der Waals surface area contributed by atoms with Crippen LogP contribution in [0.25, 0.3) is 0 Å². The van der Waals surface area contributed by atoms with Gasteiger partial charge in [-0.3, -0.25) is 0 Å². The summed E-state index contributed by atoms with van der Waals surface area (Å²) in [7, 11) is 3.56. The fourth-order valence-corrected chi connectivity index (χ4v) is 2.20. The van der Waals surface area contributed by atoms with E-state index in [1.165, 1.54) is 6.20 Å². The molecule has 0 aliphatic carbocycles. The molecule has 1 aromatic heterocycles. The SMILES string of the molecule is COc1cccc(CN(C)c2ncc(C(=O)O)cc2C)c1. The Kier molecular flexibility index (Phi) is 4.42. The first kappa shape index (κ1) is 14.8. The van der Waals surface area contributed by atoms with Gasteiger partial charge >= 0.3 is 5.97 Å². The van der Waals surface area contributed by atoms with Crippen LogP contribution in [0.5, 0.6) is 5.75 Å². The summed E-state index contributed by atoms with van der Waals surface area (Å²) >= 11 is 0. The number of hydrogen-bond donors (Lipinski definition) is 1. The molecule has 0 aliphatic heterocycles. The number of methoxy groups -OCH3 is 1. The molecule has 0 spiro atoms. The topological polar surface area (TPSA) is 62.7 Å². The molecule has 0 amide bonds. The van der Waals surface area contributed by atoms with E-state index in [0.717, 1.165) is 22.7 Å². The number of anilines is 1. The smallest absolute Gasteiger partial charge is 0.337 e. The maximum atomic E-state index is 10.9. The second-order valence-electron chi connectivity index (χ2n) is 4.88. The second kappa shape index (κ2) is 6.26. The van der Waals surface area contributed by atoms with E-state index >= 15 is 0 Å². The van der Waals surface area contributed by atoms with E-state index < -0.39 is 5.97 Å². The molecule has 110 valence electrons. The van der Waals surface area contributed by atoms with Crippen LogP contribution >= 0.6 is 0 Å². The number of aryl methyl sites for hydroxylation is 1. The maximum absolute atomic E-state index is 10.9. The Morgan fingerprint density at radius 1 is 1.38 bits per heavy atom. The summed E-state index contributed by atoms with van der Waals surface area (Å²) in [5.41, 5.74) is 2.13. The highest BCUT2D eigenvalue weighted by atomic mass is 16.5. The highest BCUT2D eigenvalue weighted by molar-refractivity contribution is 5.87. The van der Waals surface area contributed by atoms with Crippen LogP contribution in [-0.4, -0.2) is 30.2 Å². The van der Waals surface area contributed by atoms with Crippen LogP contribution < -0.4 is 9.64 Å². The van der Waals surface area contributed by atoms with Gasteiger partial charge < -0.3 is 14.7 Å². The zero-order chi connectivity index (χ0) is 15.4. The molecule has 5 heteroatoms. The average molecular weight is 286 g/mol. The molecule has 0 radical (unpaired) electrons. The van der Waals surface area contributed by atoms with Gasteiger partial charge in [-0.05, 0) is 36.2 Å². The van der Waals surface area contributed by atoms with Crippen molar-refractivity contribution < 1.29 is 14.6 Å². The zero-order valence-corrected chi connectivity index (χ0v) is 12.3. The van der Waals surface area contributed by atoms with E-state index in [2.05, 4.69) is 4.98 Å². The van der Waals surface area contributed by atoms with Gasteiger partial charge in [-0.2, -0.15) is 0 Å². The van der Waals surface area contributed by atoms with Crippen LogP contribution in [0.4, 0.5) is 5.82 Å². The van der Waals surface area contributed by atoms with Gasteiger partial charge in [0.1, 0.15) is 11.6 Å². The molecule has 0 aliphatic rings. The molecule has 0 atom stereocenters. The van der Waals surface area contributed by atoms with Crippen molar-refractivity contribution in [3.8, 4) is 5.75 Å². The van der Waals surface area contributed by atoms with Gasteiger partial charge in [-0.15, -0.1) is 0 Å². The lowest BCUT2D eigenvalue weighted by Crippen LogP contribution is -2.19. The minimum absolute atomic E-state index is 0.200. The molecule has 1 heterocycles. The van der Waals surface area contributed by atoms with Gasteiger partial charge in [-0.1, -0.05) is 12.1 Å². The third kappa shape index (κ3) is 3.51. The van der Waals surface area contributed by atoms with Gasteiger partial charge in [-0.25, -0.2) is 9.78 Å². The Labute approximate surface area is 123 Å². The summed E-state index contributed by atoms with van der Waals surface area (Å²) < 4.78 is 5.21. The molecule has 5 nitrogen and oxygen atoms in total. The Bertz CT molecular complexity index is 656. The highest BCUT2D eigenvalue weighted by Crippen LogP contribution is 2.20. The lowest BCUT2D eigenvalue weighted by molar-refractivity contribution is 0.0696. The normalized spacial score (nSPS) is 10.2. The van der Waals surface area contributed by atoms with Crippen molar-refractivity contribution in [3.63, 3.8) is 0 Å². The summed E-state index contributed by atoms with van der Waals surface area (Å²) in [5, 5.41) is 8.96. The van der Waals surface area contributed by atoms with Gasteiger partial charge in [0, 0.05) is 19.8 Å². The summed E-state index contributed by atoms with van der Waals surface area (Å²) in [6, 6.07) is 9.45. The van der Waals surface area contributed by atoms with Crippen LogP contribution in [0.2, 0.25) is 0 Å². The number of carboxylic acids is 1. The van der Waals surface area contributed by atoms with Crippen LogP contribution in [0, 0.1) is 6.92 Å². The summed E-state index contributed by atoms with van der Waals surface area (Å²) in [5.74, 6) is 0.613. The quantitative estimate of drug-likeness (QED) is 0.915. The number of benzene rings is 1. The van der Waals surface area contributed by atoms with Gasteiger partial charge in [0.2, 0.25) is 0 Å². The van der Waals surface area contributed by atoms with Gasteiger partial charge in [0.25, 0.3) is 0 Å². The fourth-order valence-electron chi connectivity index (χ4n) is 2.20. The molecular weight excluding hydrogens is 268 g/mol. The Morgan fingerprint density at radius 3 is 2.76 bits per heavy atom. The summed E-state index contributed by atoms with van der Waals surface area (Å²) in [6.45, 7) is 2.52. The van der Waals surface area contributed by atoms with E-state index in [-0.39, 0.29) is 5.56 Å². The van der Waals surface area contributed by atoms with Crippen molar-refractivity contribution >= 4 is 11.8 Å². The van der Waals surface area contributed by atoms with E-state index in [9.17, 15) is 4.79 Å². The predicted molar refractivity (Wildman–Crippen MR) is 81.0 cm³/mol. The van der Waals surface area contributed by atoms with E-state index in [4.69, 9.17) is 9.84 Å². The minimum atomic E-state index is -0.965.